The summed E-state index contributed by atoms with van der Waals surface area (Å²) in [5.41, 5.74) is 7.77. The Kier molecular flexibility index (Phi) is 6.63. The highest BCUT2D eigenvalue weighted by Gasteiger charge is 2.19. The van der Waals surface area contributed by atoms with E-state index in [2.05, 4.69) is 33.6 Å². The van der Waals surface area contributed by atoms with Crippen LogP contribution in [-0.4, -0.2) is 25.2 Å². The van der Waals surface area contributed by atoms with E-state index in [0.29, 0.717) is 29.9 Å². The number of rotatable bonds is 7. The lowest BCUT2D eigenvalue weighted by molar-refractivity contribution is -0.121. The van der Waals surface area contributed by atoms with E-state index in [-0.39, 0.29) is 24.3 Å². The molecule has 1 N–H and O–H groups in total. The van der Waals surface area contributed by atoms with E-state index in [1.165, 1.54) is 0 Å². The second-order valence-electron chi connectivity index (χ2n) is 8.82. The van der Waals surface area contributed by atoms with E-state index in [1.54, 1.807) is 9.25 Å². The van der Waals surface area contributed by atoms with Gasteiger partial charge in [-0.05, 0) is 57.9 Å². The first-order valence-corrected chi connectivity index (χ1v) is 11.7. The summed E-state index contributed by atoms with van der Waals surface area (Å²) in [6.45, 7) is 10.9. The van der Waals surface area contributed by atoms with Crippen molar-refractivity contribution in [3.05, 3.63) is 86.5 Å². The van der Waals surface area contributed by atoms with Gasteiger partial charge in [0.1, 0.15) is 11.2 Å². The Balaban J connectivity index is 1.57. The summed E-state index contributed by atoms with van der Waals surface area (Å²) >= 11 is 0. The molecule has 2 aromatic heterocycles. The van der Waals surface area contributed by atoms with Crippen LogP contribution < -0.4 is 10.9 Å². The van der Waals surface area contributed by atoms with Crippen molar-refractivity contribution in [3.8, 4) is 5.69 Å². The van der Waals surface area contributed by atoms with Gasteiger partial charge in [-0.15, -0.1) is 0 Å². The van der Waals surface area contributed by atoms with Gasteiger partial charge in [-0.25, -0.2) is 9.67 Å². The molecule has 4 aromatic rings. The maximum absolute atomic E-state index is 13.3. The van der Waals surface area contributed by atoms with Crippen molar-refractivity contribution in [2.45, 2.75) is 60.5 Å². The molecule has 0 fully saturated rings. The van der Waals surface area contributed by atoms with Gasteiger partial charge in [-0.1, -0.05) is 41.5 Å². The number of benzene rings is 2. The van der Waals surface area contributed by atoms with Gasteiger partial charge in [0.05, 0.1) is 11.4 Å². The summed E-state index contributed by atoms with van der Waals surface area (Å²) in [4.78, 5) is 30.5. The summed E-state index contributed by atoms with van der Waals surface area (Å²) in [5, 5.41) is 7.64. The Bertz CT molecular complexity index is 1410. The molecule has 0 aliphatic heterocycles. The molecule has 7 heteroatoms. The number of carbonyl (C=O) groups excluding carboxylic acids is 1. The van der Waals surface area contributed by atoms with Gasteiger partial charge in [-0.2, -0.15) is 5.10 Å². The van der Waals surface area contributed by atoms with E-state index < -0.39 is 0 Å². The topological polar surface area (TPSA) is 81.8 Å². The molecule has 0 aliphatic carbocycles. The molecule has 1 amide bonds. The largest absolute Gasteiger partial charge is 0.352 e. The Morgan fingerprint density at radius 3 is 2.41 bits per heavy atom. The van der Waals surface area contributed by atoms with Crippen molar-refractivity contribution in [1.29, 1.82) is 0 Å². The minimum atomic E-state index is -0.175. The second kappa shape index (κ2) is 9.63. The molecule has 2 aromatic carbocycles. The fourth-order valence-electron chi connectivity index (χ4n) is 4.14. The average Bonchev–Trinajstić information content (AvgIpc) is 3.14. The van der Waals surface area contributed by atoms with Crippen LogP contribution >= 0.6 is 0 Å². The molecule has 34 heavy (non-hydrogen) atoms. The highest BCUT2D eigenvalue weighted by Crippen LogP contribution is 2.20. The van der Waals surface area contributed by atoms with Crippen LogP contribution in [0.3, 0.4) is 0 Å². The molecule has 176 valence electrons. The van der Waals surface area contributed by atoms with Crippen molar-refractivity contribution in [2.24, 2.45) is 0 Å². The van der Waals surface area contributed by atoms with Gasteiger partial charge in [-0.3, -0.25) is 14.2 Å². The number of hydrogen-bond acceptors (Lipinski definition) is 4. The number of fused-ring (bicyclic) bond motifs is 1. The zero-order valence-corrected chi connectivity index (χ0v) is 20.5. The summed E-state index contributed by atoms with van der Waals surface area (Å²) in [6, 6.07) is 14.2. The highest BCUT2D eigenvalue weighted by molar-refractivity contribution is 5.77. The molecule has 0 saturated carbocycles. The van der Waals surface area contributed by atoms with Crippen LogP contribution in [0, 0.1) is 27.7 Å². The second-order valence-corrected chi connectivity index (χ2v) is 8.82. The zero-order valence-electron chi connectivity index (χ0n) is 20.5. The van der Waals surface area contributed by atoms with Crippen LogP contribution in [-0.2, 0) is 24.3 Å². The van der Waals surface area contributed by atoms with Crippen LogP contribution in [0.4, 0.5) is 0 Å². The van der Waals surface area contributed by atoms with Crippen molar-refractivity contribution in [3.63, 3.8) is 0 Å². The van der Waals surface area contributed by atoms with E-state index in [9.17, 15) is 9.59 Å². The summed E-state index contributed by atoms with van der Waals surface area (Å²) in [5.74, 6) is -0.0997. The number of aryl methyl sites for hydroxylation is 6. The standard InChI is InChI=1S/C27H31N5O2/c1-6-31-26-25(20(5)30-32(26)22-11-8-17(2)9-12-22)29-23(27(31)34)13-14-24(33)28-16-21-15-18(3)7-10-19(21)4/h7-12,15H,6,13-14,16H2,1-5H3,(H,28,33). The molecule has 0 unspecified atom stereocenters. The van der Waals surface area contributed by atoms with Crippen molar-refractivity contribution < 1.29 is 4.79 Å². The summed E-state index contributed by atoms with van der Waals surface area (Å²) in [7, 11) is 0. The monoisotopic (exact) mass is 457 g/mol. The molecule has 0 saturated heterocycles. The van der Waals surface area contributed by atoms with Gasteiger partial charge < -0.3 is 5.32 Å². The lowest BCUT2D eigenvalue weighted by Crippen LogP contribution is -2.28. The van der Waals surface area contributed by atoms with Crippen LogP contribution in [0.25, 0.3) is 16.9 Å². The molecular weight excluding hydrogens is 426 g/mol. The number of carbonyl (C=O) groups is 1. The lowest BCUT2D eigenvalue weighted by Gasteiger charge is -2.12. The van der Waals surface area contributed by atoms with Gasteiger partial charge >= 0.3 is 0 Å². The molecule has 0 aliphatic rings. The third-order valence-corrected chi connectivity index (χ3v) is 6.16. The minimum Gasteiger partial charge on any atom is -0.352 e. The molecule has 0 spiro atoms. The third-order valence-electron chi connectivity index (χ3n) is 6.16. The average molecular weight is 458 g/mol. The highest BCUT2D eigenvalue weighted by atomic mass is 16.1. The summed E-state index contributed by atoms with van der Waals surface area (Å²) < 4.78 is 3.48. The molecule has 7 nitrogen and oxygen atoms in total. The number of aromatic nitrogens is 4. The molecule has 0 radical (unpaired) electrons. The minimum absolute atomic E-state index is 0.0997. The molecule has 4 rings (SSSR count). The predicted octanol–water partition coefficient (Wildman–Crippen LogP) is 4.08. The maximum Gasteiger partial charge on any atom is 0.273 e. The fourth-order valence-corrected chi connectivity index (χ4v) is 4.14. The van der Waals surface area contributed by atoms with Gasteiger partial charge in [0.15, 0.2) is 5.65 Å². The molecular formula is C27H31N5O2. The quantitative estimate of drug-likeness (QED) is 0.453. The number of amides is 1. The smallest absolute Gasteiger partial charge is 0.273 e. The van der Waals surface area contributed by atoms with E-state index >= 15 is 0 Å². The first-order valence-electron chi connectivity index (χ1n) is 11.7. The van der Waals surface area contributed by atoms with Crippen molar-refractivity contribution in [2.75, 3.05) is 0 Å². The van der Waals surface area contributed by atoms with Crippen molar-refractivity contribution in [1.82, 2.24) is 24.6 Å². The van der Waals surface area contributed by atoms with Gasteiger partial charge in [0.2, 0.25) is 5.91 Å². The van der Waals surface area contributed by atoms with Crippen LogP contribution in [0.2, 0.25) is 0 Å². The molecule has 0 bridgehead atoms. The van der Waals surface area contributed by atoms with Crippen LogP contribution in [0.5, 0.6) is 0 Å². The van der Waals surface area contributed by atoms with Crippen LogP contribution in [0.15, 0.2) is 47.3 Å². The van der Waals surface area contributed by atoms with E-state index in [4.69, 9.17) is 0 Å². The predicted molar refractivity (Wildman–Crippen MR) is 134 cm³/mol. The van der Waals surface area contributed by atoms with Crippen LogP contribution in [0.1, 0.15) is 47.0 Å². The van der Waals surface area contributed by atoms with Crippen molar-refractivity contribution >= 4 is 17.1 Å². The van der Waals surface area contributed by atoms with Gasteiger partial charge in [0, 0.05) is 25.9 Å². The lowest BCUT2D eigenvalue weighted by atomic mass is 10.1. The molecule has 0 atom stereocenters. The normalized spacial score (nSPS) is 11.2. The number of nitrogens with one attached hydrogen (secondary N) is 1. The Morgan fingerprint density at radius 1 is 1.00 bits per heavy atom. The Hall–Kier alpha value is -3.74. The number of nitrogens with zero attached hydrogens (tertiary/aromatic N) is 4. The number of hydrogen-bond donors (Lipinski definition) is 1. The fraction of sp³-hybridized carbons (Fsp3) is 0.333. The van der Waals surface area contributed by atoms with E-state index in [1.807, 2.05) is 58.9 Å². The molecule has 2 heterocycles. The first kappa shape index (κ1) is 23.4. The SMILES string of the molecule is CCn1c(=O)c(CCC(=O)NCc2cc(C)ccc2C)nc2c(C)nn(-c3ccc(C)cc3)c21. The van der Waals surface area contributed by atoms with Gasteiger partial charge in [0.25, 0.3) is 5.56 Å². The zero-order chi connectivity index (χ0) is 24.4. The maximum atomic E-state index is 13.3. The summed E-state index contributed by atoms with van der Waals surface area (Å²) in [6.07, 6.45) is 0.482. The first-order chi connectivity index (χ1) is 16.3. The Morgan fingerprint density at radius 2 is 1.71 bits per heavy atom. The Labute approximate surface area is 199 Å². The third kappa shape index (κ3) is 4.64. The van der Waals surface area contributed by atoms with E-state index in [0.717, 1.165) is 33.6 Å².